The third-order valence-electron chi connectivity index (χ3n) is 2.33. The van der Waals surface area contributed by atoms with Gasteiger partial charge in [-0.25, -0.2) is 4.79 Å². The Hall–Kier alpha value is -1.31. The van der Waals surface area contributed by atoms with Gasteiger partial charge in [0.15, 0.2) is 0 Å². The normalized spacial score (nSPS) is 17.1. The highest BCUT2D eigenvalue weighted by molar-refractivity contribution is 5.88. The number of halogens is 3. The molecule has 0 aliphatic carbocycles. The van der Waals surface area contributed by atoms with E-state index >= 15 is 0 Å². The lowest BCUT2D eigenvalue weighted by molar-refractivity contribution is -0.207. The molecule has 0 saturated heterocycles. The number of hydrogen-bond acceptors (Lipinski definition) is 3. The number of hydrogen-bond donors (Lipinski definition) is 3. The van der Waals surface area contributed by atoms with Gasteiger partial charge in [-0.1, -0.05) is 6.92 Å². The van der Waals surface area contributed by atoms with Crippen LogP contribution in [0.3, 0.4) is 0 Å². The van der Waals surface area contributed by atoms with E-state index in [1.54, 1.807) is 0 Å². The van der Waals surface area contributed by atoms with Crippen molar-refractivity contribution < 1.29 is 27.9 Å². The lowest BCUT2D eigenvalue weighted by Crippen LogP contribution is -2.63. The molecule has 2 atom stereocenters. The molecule has 0 rings (SSSR count). The predicted octanol–water partition coefficient (Wildman–Crippen LogP) is 0.364. The van der Waals surface area contributed by atoms with E-state index in [1.165, 1.54) is 19.3 Å². The summed E-state index contributed by atoms with van der Waals surface area (Å²) in [6, 6.07) is 0. The van der Waals surface area contributed by atoms with Crippen molar-refractivity contribution >= 4 is 11.9 Å². The topological polar surface area (TPSA) is 78.4 Å². The Morgan fingerprint density at radius 2 is 1.82 bits per heavy atom. The van der Waals surface area contributed by atoms with E-state index in [0.29, 0.717) is 6.92 Å². The molecule has 0 aliphatic heterocycles. The third kappa shape index (κ3) is 3.58. The summed E-state index contributed by atoms with van der Waals surface area (Å²) in [6.45, 7) is 1.96. The van der Waals surface area contributed by atoms with Crippen molar-refractivity contribution in [3.05, 3.63) is 0 Å². The van der Waals surface area contributed by atoms with Gasteiger partial charge in [-0.2, -0.15) is 13.2 Å². The average molecular weight is 256 g/mol. The van der Waals surface area contributed by atoms with E-state index in [2.05, 4.69) is 5.32 Å². The molecule has 8 heteroatoms. The van der Waals surface area contributed by atoms with Crippen LogP contribution in [0.25, 0.3) is 0 Å². The van der Waals surface area contributed by atoms with Crippen LogP contribution in [0.2, 0.25) is 0 Å². The molecule has 0 spiro atoms. The van der Waals surface area contributed by atoms with Gasteiger partial charge in [-0.05, 0) is 14.0 Å². The molecule has 0 aliphatic rings. The van der Waals surface area contributed by atoms with Crippen molar-refractivity contribution in [2.75, 3.05) is 13.6 Å². The molecular weight excluding hydrogens is 241 g/mol. The fourth-order valence-electron chi connectivity index (χ4n) is 1.01. The predicted molar refractivity (Wildman–Crippen MR) is 53.3 cm³/mol. The smallest absolute Gasteiger partial charge is 0.422 e. The summed E-state index contributed by atoms with van der Waals surface area (Å²) >= 11 is 0. The summed E-state index contributed by atoms with van der Waals surface area (Å²) in [5.41, 5.74) is -3.27. The van der Waals surface area contributed by atoms with Crippen LogP contribution in [0, 0.1) is 5.92 Å². The molecule has 0 saturated carbocycles. The zero-order valence-corrected chi connectivity index (χ0v) is 9.68. The van der Waals surface area contributed by atoms with E-state index < -0.39 is 29.5 Å². The Morgan fingerprint density at radius 1 is 1.35 bits per heavy atom. The summed E-state index contributed by atoms with van der Waals surface area (Å²) in [5, 5.41) is 12.7. The summed E-state index contributed by atoms with van der Waals surface area (Å²) < 4.78 is 37.7. The number of alkyl halides is 3. The van der Waals surface area contributed by atoms with Crippen LogP contribution >= 0.6 is 0 Å². The van der Waals surface area contributed by atoms with Crippen LogP contribution in [0.15, 0.2) is 0 Å². The maximum Gasteiger partial charge on any atom is 0.422 e. The zero-order valence-electron chi connectivity index (χ0n) is 9.68. The summed E-state index contributed by atoms with van der Waals surface area (Å²) in [4.78, 5) is 22.0. The Labute approximate surface area is 96.4 Å². The van der Waals surface area contributed by atoms with Crippen molar-refractivity contribution in [1.82, 2.24) is 10.6 Å². The molecule has 0 radical (unpaired) electrons. The van der Waals surface area contributed by atoms with Gasteiger partial charge < -0.3 is 15.7 Å². The maximum atomic E-state index is 12.6. The van der Waals surface area contributed by atoms with Crippen LogP contribution in [0.5, 0.6) is 0 Å². The number of nitrogens with one attached hydrogen (secondary N) is 2. The van der Waals surface area contributed by atoms with Crippen molar-refractivity contribution in [1.29, 1.82) is 0 Å². The SMILES string of the molecule is CNCC(C)C(=O)NC(C)(C(=O)O)C(F)(F)F. The van der Waals surface area contributed by atoms with Gasteiger partial charge in [0.1, 0.15) is 0 Å². The highest BCUT2D eigenvalue weighted by Crippen LogP contribution is 2.30. The van der Waals surface area contributed by atoms with Crippen molar-refractivity contribution in [2.45, 2.75) is 25.6 Å². The second-order valence-corrected chi connectivity index (χ2v) is 3.88. The molecule has 0 heterocycles. The maximum absolute atomic E-state index is 12.6. The first-order valence-corrected chi connectivity index (χ1v) is 4.83. The van der Waals surface area contributed by atoms with Crippen LogP contribution in [0.1, 0.15) is 13.8 Å². The molecule has 0 aromatic heterocycles. The standard InChI is InChI=1S/C9H15F3N2O3/c1-5(4-13-3)6(15)14-8(2,7(16)17)9(10,11)12/h5,13H,4H2,1-3H3,(H,14,15)(H,16,17). The van der Waals surface area contributed by atoms with Crippen molar-refractivity contribution in [2.24, 2.45) is 5.92 Å². The Kier molecular flexibility index (Phi) is 4.94. The minimum atomic E-state index is -5.06. The minimum absolute atomic E-state index is 0.152. The molecule has 0 aromatic rings. The molecule has 5 nitrogen and oxygen atoms in total. The summed E-state index contributed by atoms with van der Waals surface area (Å²) in [6.07, 6.45) is -5.06. The van der Waals surface area contributed by atoms with Crippen molar-refractivity contribution in [3.8, 4) is 0 Å². The molecule has 3 N–H and O–H groups in total. The number of rotatable bonds is 5. The molecule has 17 heavy (non-hydrogen) atoms. The van der Waals surface area contributed by atoms with Gasteiger partial charge in [0.25, 0.3) is 0 Å². The van der Waals surface area contributed by atoms with Gasteiger partial charge in [0, 0.05) is 12.5 Å². The van der Waals surface area contributed by atoms with Crippen LogP contribution in [0.4, 0.5) is 13.2 Å². The van der Waals surface area contributed by atoms with Gasteiger partial charge in [-0.15, -0.1) is 0 Å². The lowest BCUT2D eigenvalue weighted by Gasteiger charge is -2.29. The number of carbonyl (C=O) groups excluding carboxylic acids is 1. The van der Waals surface area contributed by atoms with Gasteiger partial charge in [-0.3, -0.25) is 4.79 Å². The number of amides is 1. The van der Waals surface area contributed by atoms with E-state index in [0.717, 1.165) is 0 Å². The molecule has 100 valence electrons. The lowest BCUT2D eigenvalue weighted by atomic mass is 10.0. The van der Waals surface area contributed by atoms with Gasteiger partial charge in [0.05, 0.1) is 0 Å². The van der Waals surface area contributed by atoms with E-state index in [4.69, 9.17) is 5.11 Å². The highest BCUT2D eigenvalue weighted by Gasteiger charge is 2.58. The fraction of sp³-hybridized carbons (Fsp3) is 0.778. The Balaban J connectivity index is 4.92. The highest BCUT2D eigenvalue weighted by atomic mass is 19.4. The molecule has 1 amide bonds. The molecular formula is C9H15F3N2O3. The second kappa shape index (κ2) is 5.35. The first-order valence-electron chi connectivity index (χ1n) is 4.83. The van der Waals surface area contributed by atoms with Gasteiger partial charge in [0.2, 0.25) is 11.4 Å². The largest absolute Gasteiger partial charge is 0.479 e. The fourth-order valence-corrected chi connectivity index (χ4v) is 1.01. The third-order valence-corrected chi connectivity index (χ3v) is 2.33. The van der Waals surface area contributed by atoms with Crippen LogP contribution < -0.4 is 10.6 Å². The van der Waals surface area contributed by atoms with Crippen LogP contribution in [-0.4, -0.2) is 42.3 Å². The summed E-state index contributed by atoms with van der Waals surface area (Å²) in [5.74, 6) is -3.88. The first kappa shape index (κ1) is 15.7. The number of carboxylic acids is 1. The van der Waals surface area contributed by atoms with E-state index in [-0.39, 0.29) is 6.54 Å². The van der Waals surface area contributed by atoms with Gasteiger partial charge >= 0.3 is 12.1 Å². The van der Waals surface area contributed by atoms with Crippen LogP contribution in [-0.2, 0) is 9.59 Å². The quantitative estimate of drug-likeness (QED) is 0.664. The second-order valence-electron chi connectivity index (χ2n) is 3.88. The zero-order chi connectivity index (χ0) is 13.9. The Morgan fingerprint density at radius 3 is 2.12 bits per heavy atom. The number of aliphatic carboxylic acids is 1. The summed E-state index contributed by atoms with van der Waals surface area (Å²) in [7, 11) is 1.53. The number of carboxylic acid groups (broad SMARTS) is 1. The molecule has 0 aromatic carbocycles. The van der Waals surface area contributed by atoms with E-state index in [9.17, 15) is 22.8 Å². The molecule has 0 fully saturated rings. The van der Waals surface area contributed by atoms with Crippen molar-refractivity contribution in [3.63, 3.8) is 0 Å². The monoisotopic (exact) mass is 256 g/mol. The van der Waals surface area contributed by atoms with E-state index in [1.807, 2.05) is 0 Å². The minimum Gasteiger partial charge on any atom is -0.479 e. The average Bonchev–Trinajstić information content (AvgIpc) is 2.15. The molecule has 2 unspecified atom stereocenters. The first-order chi connectivity index (χ1) is 7.56. The number of carbonyl (C=O) groups is 2. The Bertz CT molecular complexity index is 306. The molecule has 0 bridgehead atoms.